The van der Waals surface area contributed by atoms with E-state index in [-0.39, 0.29) is 11.9 Å². The third-order valence-corrected chi connectivity index (χ3v) is 4.25. The summed E-state index contributed by atoms with van der Waals surface area (Å²) in [6, 6.07) is 10.00. The minimum absolute atomic E-state index is 0.166. The van der Waals surface area contributed by atoms with Crippen molar-refractivity contribution in [1.82, 2.24) is 10.2 Å². The summed E-state index contributed by atoms with van der Waals surface area (Å²) < 4.78 is 10.6. The van der Waals surface area contributed by atoms with Crippen molar-refractivity contribution in [2.45, 2.75) is 32.4 Å². The molecule has 7 nitrogen and oxygen atoms in total. The number of carbonyl (C=O) groups is 2. The highest BCUT2D eigenvalue weighted by molar-refractivity contribution is 5.94. The Kier molecular flexibility index (Phi) is 5.78. The van der Waals surface area contributed by atoms with E-state index in [1.165, 1.54) is 0 Å². The maximum Gasteiger partial charge on any atom is 0.322 e. The van der Waals surface area contributed by atoms with Crippen LogP contribution in [0.3, 0.4) is 0 Å². The van der Waals surface area contributed by atoms with Crippen LogP contribution in [0.15, 0.2) is 47.1 Å². The first-order valence-electron chi connectivity index (χ1n) is 8.78. The van der Waals surface area contributed by atoms with E-state index >= 15 is 0 Å². The van der Waals surface area contributed by atoms with Gasteiger partial charge in [-0.1, -0.05) is 0 Å². The van der Waals surface area contributed by atoms with E-state index in [2.05, 4.69) is 10.6 Å². The number of carbonyl (C=O) groups excluding carboxylic acids is 2. The second-order valence-electron chi connectivity index (χ2n) is 6.04. The van der Waals surface area contributed by atoms with Gasteiger partial charge in [0.25, 0.3) is 0 Å². The highest BCUT2D eigenvalue weighted by atomic mass is 16.5. The first-order chi connectivity index (χ1) is 12.7. The molecule has 0 unspecified atom stereocenters. The van der Waals surface area contributed by atoms with Crippen molar-refractivity contribution in [2.24, 2.45) is 0 Å². The first kappa shape index (κ1) is 17.8. The zero-order valence-electron chi connectivity index (χ0n) is 14.7. The lowest BCUT2D eigenvalue weighted by atomic mass is 10.2. The second kappa shape index (κ2) is 8.42. The van der Waals surface area contributed by atoms with E-state index in [0.29, 0.717) is 37.6 Å². The molecule has 0 radical (unpaired) electrons. The van der Waals surface area contributed by atoms with Crippen LogP contribution in [0.4, 0.5) is 10.5 Å². The second-order valence-corrected chi connectivity index (χ2v) is 6.04. The van der Waals surface area contributed by atoms with E-state index in [1.807, 2.05) is 6.92 Å². The Balaban J connectivity index is 1.56. The van der Waals surface area contributed by atoms with Crippen molar-refractivity contribution in [3.8, 4) is 5.75 Å². The Morgan fingerprint density at radius 2 is 2.08 bits per heavy atom. The lowest BCUT2D eigenvalue weighted by Gasteiger charge is -2.24. The number of rotatable bonds is 6. The van der Waals surface area contributed by atoms with Crippen molar-refractivity contribution in [3.05, 3.63) is 48.4 Å². The fourth-order valence-corrected chi connectivity index (χ4v) is 2.98. The zero-order chi connectivity index (χ0) is 18.4. The molecule has 0 saturated carbocycles. The number of hydrogen-bond donors (Lipinski definition) is 2. The molecule has 1 atom stereocenters. The largest absolute Gasteiger partial charge is 0.494 e. The van der Waals surface area contributed by atoms with Crippen LogP contribution in [0.25, 0.3) is 0 Å². The van der Waals surface area contributed by atoms with Crippen LogP contribution in [0.2, 0.25) is 0 Å². The Hall–Kier alpha value is -2.96. The van der Waals surface area contributed by atoms with Crippen LogP contribution in [-0.4, -0.2) is 36.0 Å². The van der Waals surface area contributed by atoms with Crippen molar-refractivity contribution in [3.63, 3.8) is 0 Å². The molecule has 2 heterocycles. The molecular weight excluding hydrogens is 334 g/mol. The maximum absolute atomic E-state index is 12.6. The Morgan fingerprint density at radius 3 is 2.77 bits per heavy atom. The van der Waals surface area contributed by atoms with Gasteiger partial charge in [0.15, 0.2) is 0 Å². The van der Waals surface area contributed by atoms with Crippen LogP contribution in [0.1, 0.15) is 25.5 Å². The average molecular weight is 357 g/mol. The molecule has 0 bridgehead atoms. The molecule has 7 heteroatoms. The molecule has 0 aliphatic carbocycles. The number of hydrogen-bond acceptors (Lipinski definition) is 4. The van der Waals surface area contributed by atoms with Gasteiger partial charge in [0.2, 0.25) is 5.91 Å². The molecule has 138 valence electrons. The molecule has 1 aromatic heterocycles. The Bertz CT molecular complexity index is 728. The summed E-state index contributed by atoms with van der Waals surface area (Å²) in [5, 5.41) is 5.67. The van der Waals surface area contributed by atoms with E-state index in [4.69, 9.17) is 9.15 Å². The maximum atomic E-state index is 12.6. The number of likely N-dealkylation sites (tertiary alicyclic amines) is 1. The van der Waals surface area contributed by atoms with Gasteiger partial charge in [-0.25, -0.2) is 4.79 Å². The predicted octanol–water partition coefficient (Wildman–Crippen LogP) is 2.99. The Labute approximate surface area is 152 Å². The van der Waals surface area contributed by atoms with Gasteiger partial charge in [0.05, 0.1) is 19.4 Å². The van der Waals surface area contributed by atoms with Crippen LogP contribution < -0.4 is 15.4 Å². The smallest absolute Gasteiger partial charge is 0.322 e. The number of ether oxygens (including phenoxy) is 1. The normalized spacial score (nSPS) is 16.3. The quantitative estimate of drug-likeness (QED) is 0.832. The summed E-state index contributed by atoms with van der Waals surface area (Å²) in [6.45, 7) is 3.38. The van der Waals surface area contributed by atoms with Crippen molar-refractivity contribution < 1.29 is 18.7 Å². The minimum atomic E-state index is -0.465. The van der Waals surface area contributed by atoms with Crippen LogP contribution in [-0.2, 0) is 11.3 Å². The van der Waals surface area contributed by atoms with Gasteiger partial charge in [-0.3, -0.25) is 4.79 Å². The highest BCUT2D eigenvalue weighted by Gasteiger charge is 2.34. The summed E-state index contributed by atoms with van der Waals surface area (Å²) in [5.41, 5.74) is 0.667. The zero-order valence-corrected chi connectivity index (χ0v) is 14.7. The molecule has 1 aliphatic rings. The summed E-state index contributed by atoms with van der Waals surface area (Å²) in [4.78, 5) is 26.6. The molecule has 1 fully saturated rings. The van der Waals surface area contributed by atoms with E-state index in [1.54, 1.807) is 47.6 Å². The third kappa shape index (κ3) is 4.36. The molecule has 3 rings (SSSR count). The van der Waals surface area contributed by atoms with E-state index in [9.17, 15) is 9.59 Å². The molecule has 1 aliphatic heterocycles. The van der Waals surface area contributed by atoms with Gasteiger partial charge >= 0.3 is 6.03 Å². The predicted molar refractivity (Wildman–Crippen MR) is 96.9 cm³/mol. The van der Waals surface area contributed by atoms with Crippen molar-refractivity contribution in [1.29, 1.82) is 0 Å². The molecular formula is C19H23N3O4. The molecule has 1 saturated heterocycles. The minimum Gasteiger partial charge on any atom is -0.494 e. The topological polar surface area (TPSA) is 83.8 Å². The molecule has 3 amide bonds. The van der Waals surface area contributed by atoms with Gasteiger partial charge in [0, 0.05) is 12.2 Å². The fourth-order valence-electron chi connectivity index (χ4n) is 2.98. The average Bonchev–Trinajstić information content (AvgIpc) is 3.33. The van der Waals surface area contributed by atoms with Crippen molar-refractivity contribution in [2.75, 3.05) is 18.5 Å². The van der Waals surface area contributed by atoms with Gasteiger partial charge < -0.3 is 24.7 Å². The summed E-state index contributed by atoms with van der Waals surface area (Å²) in [7, 11) is 0. The summed E-state index contributed by atoms with van der Waals surface area (Å²) >= 11 is 0. The number of nitrogens with one attached hydrogen (secondary N) is 2. The number of anilines is 1. The third-order valence-electron chi connectivity index (χ3n) is 4.25. The van der Waals surface area contributed by atoms with Crippen LogP contribution in [0, 0.1) is 0 Å². The number of amides is 3. The lowest BCUT2D eigenvalue weighted by Crippen LogP contribution is -2.47. The molecule has 1 aromatic carbocycles. The van der Waals surface area contributed by atoms with E-state index < -0.39 is 6.04 Å². The SMILES string of the molecule is CCOc1ccc(NC(=O)N2CCC[C@@H]2C(=O)NCc2ccco2)cc1. The van der Waals surface area contributed by atoms with Gasteiger partial charge in [-0.2, -0.15) is 0 Å². The fraction of sp³-hybridized carbons (Fsp3) is 0.368. The summed E-state index contributed by atoms with van der Waals surface area (Å²) in [6.07, 6.45) is 3.02. The van der Waals surface area contributed by atoms with Gasteiger partial charge in [-0.05, 0) is 56.2 Å². The van der Waals surface area contributed by atoms with Gasteiger partial charge in [-0.15, -0.1) is 0 Å². The Morgan fingerprint density at radius 1 is 1.27 bits per heavy atom. The van der Waals surface area contributed by atoms with Gasteiger partial charge in [0.1, 0.15) is 17.6 Å². The molecule has 26 heavy (non-hydrogen) atoms. The standard InChI is InChI=1S/C19H23N3O4/c1-2-25-15-9-7-14(8-10-15)21-19(24)22-11-3-6-17(22)18(23)20-13-16-5-4-12-26-16/h4-5,7-10,12,17H,2-3,6,11,13H2,1H3,(H,20,23)(H,21,24)/t17-/m1/s1. The first-order valence-corrected chi connectivity index (χ1v) is 8.78. The van der Waals surface area contributed by atoms with Crippen LogP contribution in [0.5, 0.6) is 5.75 Å². The molecule has 2 N–H and O–H groups in total. The number of benzene rings is 1. The number of furan rings is 1. The molecule has 2 aromatic rings. The summed E-state index contributed by atoms with van der Waals surface area (Å²) in [5.74, 6) is 1.27. The number of urea groups is 1. The number of nitrogens with zero attached hydrogens (tertiary/aromatic N) is 1. The molecule has 0 spiro atoms. The highest BCUT2D eigenvalue weighted by Crippen LogP contribution is 2.21. The van der Waals surface area contributed by atoms with Crippen molar-refractivity contribution >= 4 is 17.6 Å². The monoisotopic (exact) mass is 357 g/mol. The van der Waals surface area contributed by atoms with E-state index in [0.717, 1.165) is 12.2 Å². The van der Waals surface area contributed by atoms with Crippen LogP contribution >= 0.6 is 0 Å². The lowest BCUT2D eigenvalue weighted by molar-refractivity contribution is -0.124.